The summed E-state index contributed by atoms with van der Waals surface area (Å²) in [5, 5.41) is 0. The fraction of sp³-hybridized carbons (Fsp3) is 0.231. The molecule has 214 valence electrons. The van der Waals surface area contributed by atoms with Crippen LogP contribution in [0.1, 0.15) is 0 Å². The van der Waals surface area contributed by atoms with E-state index in [9.17, 15) is 31.1 Å². The molecule has 0 spiro atoms. The number of aryl methyl sites for hydroxylation is 1. The van der Waals surface area contributed by atoms with Gasteiger partial charge in [0.05, 0.1) is 6.33 Å². The maximum Gasteiger partial charge on any atom is 4.00 e. The molecule has 3 aromatic heterocycles. The number of nitrogens with zero attached hydrogens (tertiary/aromatic N) is 4. The van der Waals surface area contributed by atoms with E-state index in [0.29, 0.717) is 11.2 Å². The number of H-pyrrole nitrogens is 1. The van der Waals surface area contributed by atoms with E-state index in [1.54, 1.807) is 24.0 Å². The standard InChI is InChI=1S/C6H7N5O.C5H5N.2CHF3O3S.2H3N.Pt/c1-11-2-8-3-4(11)9-6(7)10-5(3)12;1-2-4-6-5-3-1;2*2-1(3,4)8(5,6)7;;;/h2H,1H3,(H3,7,9,10,12);1-5H;2*(H,5,6,7);2*1H3;/q;;;;;;+4/p-2. The molecule has 0 saturated carbocycles. The minimum atomic E-state index is -6.09. The molecule has 9 N–H and O–H groups in total. The number of imidazole rings is 1. The van der Waals surface area contributed by atoms with Crippen molar-refractivity contribution in [2.24, 2.45) is 7.05 Å². The zero-order chi connectivity index (χ0) is 27.0. The van der Waals surface area contributed by atoms with E-state index in [1.807, 2.05) is 18.2 Å². The fourth-order valence-electron chi connectivity index (χ4n) is 1.35. The number of nitrogens with two attached hydrogens (primary N) is 1. The minimum Gasteiger partial charge on any atom is -0.741 e. The molecule has 0 amide bonds. The van der Waals surface area contributed by atoms with E-state index in [0.717, 1.165) is 0 Å². The summed E-state index contributed by atoms with van der Waals surface area (Å²) in [5.41, 5.74) is -5.45. The van der Waals surface area contributed by atoms with Crippen molar-refractivity contribution in [1.29, 1.82) is 0 Å². The van der Waals surface area contributed by atoms with Gasteiger partial charge in [0, 0.05) is 19.4 Å². The van der Waals surface area contributed by atoms with Crippen LogP contribution in [-0.2, 0) is 48.3 Å². The molecule has 0 saturated heterocycles. The molecule has 0 radical (unpaired) electrons. The molecule has 0 aromatic carbocycles. The largest absolute Gasteiger partial charge is 4.00 e. The summed E-state index contributed by atoms with van der Waals surface area (Å²) in [4.78, 5) is 25.1. The Morgan fingerprint density at radius 2 is 1.30 bits per heavy atom. The number of fused-ring (bicyclic) bond motifs is 1. The maximum atomic E-state index is 11.2. The van der Waals surface area contributed by atoms with Crippen LogP contribution in [0.3, 0.4) is 0 Å². The molecule has 0 atom stereocenters. The number of hydrogen-bond donors (Lipinski definition) is 4. The van der Waals surface area contributed by atoms with Crippen LogP contribution in [0.2, 0.25) is 0 Å². The summed E-state index contributed by atoms with van der Waals surface area (Å²) in [7, 11) is -10.4. The molecule has 0 aliphatic rings. The number of halogens is 6. The molecule has 0 fully saturated rings. The molecule has 0 unspecified atom stereocenters. The Hall–Kier alpha value is -2.69. The second kappa shape index (κ2) is 16.2. The van der Waals surface area contributed by atoms with Crippen LogP contribution in [0.5, 0.6) is 0 Å². The predicted molar refractivity (Wildman–Crippen MR) is 109 cm³/mol. The third kappa shape index (κ3) is 15.2. The SMILES string of the molecule is Cn1cnc2c(=O)[nH]c(N)nc21.N.N.O=S(=O)([O-])C(F)(F)F.O=S(=O)([O-])C(F)(F)F.[Pt+4].c1ccncc1. The normalized spacial score (nSPS) is 10.8. The molecule has 24 heteroatoms. The first kappa shape index (κ1) is 41.4. The zero-order valence-corrected chi connectivity index (χ0v) is 21.9. The monoisotopic (exact) mass is 771 g/mol. The van der Waals surface area contributed by atoms with Crippen LogP contribution in [0.4, 0.5) is 32.3 Å². The molecular formula is C13H18F6N8O7PtS2+2. The molecule has 3 aromatic rings. The second-order valence-electron chi connectivity index (χ2n) is 5.30. The summed E-state index contributed by atoms with van der Waals surface area (Å²) < 4.78 is 119. The van der Waals surface area contributed by atoms with Gasteiger partial charge in [-0.05, 0) is 12.1 Å². The smallest absolute Gasteiger partial charge is 0.741 e. The van der Waals surface area contributed by atoms with Crippen molar-refractivity contribution in [3.05, 3.63) is 47.3 Å². The molecule has 0 aliphatic heterocycles. The third-order valence-corrected chi connectivity index (χ3v) is 3.86. The molecule has 0 aliphatic carbocycles. The first-order valence-corrected chi connectivity index (χ1v) is 10.6. The second-order valence-corrected chi connectivity index (χ2v) is 8.05. The van der Waals surface area contributed by atoms with Crippen LogP contribution in [0, 0.1) is 0 Å². The number of rotatable bonds is 0. The van der Waals surface area contributed by atoms with E-state index < -0.39 is 31.3 Å². The van der Waals surface area contributed by atoms with Gasteiger partial charge in [0.1, 0.15) is 0 Å². The predicted octanol–water partition coefficient (Wildman–Crippen LogP) is 0.745. The van der Waals surface area contributed by atoms with Crippen LogP contribution in [0.15, 0.2) is 41.7 Å². The fourth-order valence-corrected chi connectivity index (χ4v) is 1.35. The van der Waals surface area contributed by atoms with Crippen LogP contribution in [-0.4, -0.2) is 61.5 Å². The van der Waals surface area contributed by atoms with Gasteiger partial charge in [-0.25, -0.2) is 21.8 Å². The number of alkyl halides is 6. The number of anilines is 1. The quantitative estimate of drug-likeness (QED) is 0.140. The first-order chi connectivity index (χ1) is 15.2. The van der Waals surface area contributed by atoms with E-state index in [2.05, 4.69) is 19.9 Å². The van der Waals surface area contributed by atoms with E-state index >= 15 is 0 Å². The summed E-state index contributed by atoms with van der Waals surface area (Å²) in [6.07, 6.45) is 5.02. The number of nitrogens with one attached hydrogen (secondary N) is 1. The molecule has 0 bridgehead atoms. The Balaban J connectivity index is -0.000000197. The molecule has 37 heavy (non-hydrogen) atoms. The van der Waals surface area contributed by atoms with Gasteiger partial charge in [-0.3, -0.25) is 14.8 Å². The van der Waals surface area contributed by atoms with Crippen molar-refractivity contribution in [2.45, 2.75) is 11.0 Å². The average Bonchev–Trinajstić information content (AvgIpc) is 3.03. The Labute approximate surface area is 218 Å². The van der Waals surface area contributed by atoms with Gasteiger partial charge >= 0.3 is 32.1 Å². The van der Waals surface area contributed by atoms with Crippen LogP contribution < -0.4 is 23.6 Å². The van der Waals surface area contributed by atoms with Crippen molar-refractivity contribution in [2.75, 3.05) is 5.73 Å². The van der Waals surface area contributed by atoms with Crippen LogP contribution in [0.25, 0.3) is 11.2 Å². The van der Waals surface area contributed by atoms with Crippen molar-refractivity contribution in [3.63, 3.8) is 0 Å². The molecular weight excluding hydrogens is 753 g/mol. The zero-order valence-electron chi connectivity index (χ0n) is 18.0. The van der Waals surface area contributed by atoms with Crippen molar-refractivity contribution in [3.8, 4) is 0 Å². The summed E-state index contributed by atoms with van der Waals surface area (Å²) in [6.45, 7) is 0. The maximum absolute atomic E-state index is 11.2. The number of nitrogen functional groups attached to an aromatic ring is 1. The van der Waals surface area contributed by atoms with Crippen molar-refractivity contribution in [1.82, 2.24) is 36.8 Å². The Kier molecular flexibility index (Phi) is 18.2. The van der Waals surface area contributed by atoms with Gasteiger partial charge in [-0.15, -0.1) is 0 Å². The number of aromatic nitrogens is 5. The average molecular weight is 772 g/mol. The van der Waals surface area contributed by atoms with Gasteiger partial charge in [0.2, 0.25) is 5.95 Å². The molecule has 15 nitrogen and oxygen atoms in total. The van der Waals surface area contributed by atoms with Crippen molar-refractivity contribution < 1.29 is 73.3 Å². The summed E-state index contributed by atoms with van der Waals surface area (Å²) >= 11 is 0. The molecule has 3 heterocycles. The topological polar surface area (TPSA) is 287 Å². The number of aromatic amines is 1. The number of pyridine rings is 1. The Morgan fingerprint density at radius 1 is 0.919 bits per heavy atom. The minimum absolute atomic E-state index is 0. The van der Waals surface area contributed by atoms with Gasteiger partial charge in [-0.2, -0.15) is 31.3 Å². The van der Waals surface area contributed by atoms with Crippen LogP contribution >= 0.6 is 0 Å². The third-order valence-electron chi connectivity index (χ3n) is 2.72. The van der Waals surface area contributed by atoms with Gasteiger partial charge in [-0.1, -0.05) is 6.07 Å². The van der Waals surface area contributed by atoms with Gasteiger partial charge in [0.25, 0.3) is 5.56 Å². The van der Waals surface area contributed by atoms with E-state index in [-0.39, 0.29) is 44.9 Å². The van der Waals surface area contributed by atoms with E-state index in [4.69, 9.17) is 31.7 Å². The number of hydrogen-bond acceptors (Lipinski definition) is 13. The van der Waals surface area contributed by atoms with E-state index in [1.165, 1.54) is 6.33 Å². The molecule has 3 rings (SSSR count). The van der Waals surface area contributed by atoms with Crippen molar-refractivity contribution >= 4 is 37.3 Å². The van der Waals surface area contributed by atoms with Gasteiger partial charge < -0.3 is 31.7 Å². The first-order valence-electron chi connectivity index (χ1n) is 7.74. The summed E-state index contributed by atoms with van der Waals surface area (Å²) in [5.74, 6) is 0.108. The van der Waals surface area contributed by atoms with Gasteiger partial charge in [0.15, 0.2) is 31.4 Å². The Bertz CT molecular complexity index is 1260. The summed E-state index contributed by atoms with van der Waals surface area (Å²) in [6, 6.07) is 5.72. The Morgan fingerprint density at radius 3 is 1.57 bits per heavy atom.